The van der Waals surface area contributed by atoms with Gasteiger partial charge in [-0.1, -0.05) is 42.0 Å². The van der Waals surface area contributed by atoms with E-state index >= 15 is 0 Å². The summed E-state index contributed by atoms with van der Waals surface area (Å²) in [5.74, 6) is -0.290. The van der Waals surface area contributed by atoms with Crippen LogP contribution in [0.5, 0.6) is 0 Å². The van der Waals surface area contributed by atoms with E-state index in [2.05, 4.69) is 22.3 Å². The van der Waals surface area contributed by atoms with Gasteiger partial charge >= 0.3 is 5.00 Å². The number of carbonyl (C=O) groups excluding carboxylic acids is 1. The van der Waals surface area contributed by atoms with Crippen LogP contribution in [-0.2, 0) is 13.1 Å². The predicted octanol–water partition coefficient (Wildman–Crippen LogP) is 3.57. The lowest BCUT2D eigenvalue weighted by atomic mass is 10.1. The maximum atomic E-state index is 12.0. The van der Waals surface area contributed by atoms with Crippen LogP contribution < -0.4 is 5.32 Å². The van der Waals surface area contributed by atoms with Gasteiger partial charge in [0.05, 0.1) is 10.5 Å². The SMILES string of the molecule is O=C(NCc1ccc(CN2CCCCC2)cc1)c1csc([N+](=O)[O-])c1. The van der Waals surface area contributed by atoms with Crippen molar-refractivity contribution in [1.82, 2.24) is 10.2 Å². The van der Waals surface area contributed by atoms with Crippen LogP contribution in [-0.4, -0.2) is 28.8 Å². The van der Waals surface area contributed by atoms with Gasteiger partial charge in [-0.2, -0.15) is 0 Å². The first-order valence-electron chi connectivity index (χ1n) is 8.43. The highest BCUT2D eigenvalue weighted by atomic mass is 32.1. The zero-order valence-electron chi connectivity index (χ0n) is 13.9. The third-order valence-electron chi connectivity index (χ3n) is 4.36. The Kier molecular flexibility index (Phi) is 5.78. The van der Waals surface area contributed by atoms with Crippen LogP contribution in [0.1, 0.15) is 40.7 Å². The number of nitro groups is 1. The largest absolute Gasteiger partial charge is 0.348 e. The fourth-order valence-corrected chi connectivity index (χ4v) is 3.67. The molecule has 0 radical (unpaired) electrons. The summed E-state index contributed by atoms with van der Waals surface area (Å²) in [7, 11) is 0. The van der Waals surface area contributed by atoms with Crippen molar-refractivity contribution in [2.75, 3.05) is 13.1 Å². The molecule has 0 atom stereocenters. The van der Waals surface area contributed by atoms with Gasteiger partial charge in [-0.3, -0.25) is 19.8 Å². The lowest BCUT2D eigenvalue weighted by Crippen LogP contribution is -2.29. The minimum atomic E-state index is -0.484. The molecular weight excluding hydrogens is 338 g/mol. The Labute approximate surface area is 150 Å². The summed E-state index contributed by atoms with van der Waals surface area (Å²) in [6.07, 6.45) is 3.90. The van der Waals surface area contributed by atoms with Crippen molar-refractivity contribution in [1.29, 1.82) is 0 Å². The number of piperidine rings is 1. The first-order chi connectivity index (χ1) is 12.1. The summed E-state index contributed by atoms with van der Waals surface area (Å²) in [4.78, 5) is 24.7. The Morgan fingerprint density at radius 1 is 1.16 bits per heavy atom. The zero-order valence-corrected chi connectivity index (χ0v) is 14.8. The number of carbonyl (C=O) groups is 1. The van der Waals surface area contributed by atoms with Crippen LogP contribution in [0, 0.1) is 10.1 Å². The fourth-order valence-electron chi connectivity index (χ4n) is 2.96. The maximum Gasteiger partial charge on any atom is 0.324 e. The lowest BCUT2D eigenvalue weighted by molar-refractivity contribution is -0.380. The highest BCUT2D eigenvalue weighted by molar-refractivity contribution is 7.13. The van der Waals surface area contributed by atoms with Crippen LogP contribution >= 0.6 is 11.3 Å². The summed E-state index contributed by atoms with van der Waals surface area (Å²) in [6.45, 7) is 3.73. The van der Waals surface area contributed by atoms with E-state index in [1.807, 2.05) is 12.1 Å². The van der Waals surface area contributed by atoms with Gasteiger partial charge in [0.2, 0.25) is 0 Å². The molecule has 7 heteroatoms. The molecule has 0 spiro atoms. The number of hydrogen-bond donors (Lipinski definition) is 1. The van der Waals surface area contributed by atoms with Crippen molar-refractivity contribution in [3.05, 3.63) is 62.5 Å². The predicted molar refractivity (Wildman–Crippen MR) is 97.7 cm³/mol. The molecule has 1 amide bonds. The first kappa shape index (κ1) is 17.6. The summed E-state index contributed by atoms with van der Waals surface area (Å²) >= 11 is 0.961. The second kappa shape index (κ2) is 8.22. The summed E-state index contributed by atoms with van der Waals surface area (Å²) in [5.41, 5.74) is 2.63. The Morgan fingerprint density at radius 3 is 2.48 bits per heavy atom. The smallest absolute Gasteiger partial charge is 0.324 e. The van der Waals surface area contributed by atoms with E-state index in [9.17, 15) is 14.9 Å². The Balaban J connectivity index is 1.50. The van der Waals surface area contributed by atoms with Crippen LogP contribution in [0.25, 0.3) is 0 Å². The molecule has 1 N–H and O–H groups in total. The third-order valence-corrected chi connectivity index (χ3v) is 5.24. The maximum absolute atomic E-state index is 12.0. The van der Waals surface area contributed by atoms with E-state index in [4.69, 9.17) is 0 Å². The third kappa shape index (κ3) is 4.87. The number of nitrogens with one attached hydrogen (secondary N) is 1. The highest BCUT2D eigenvalue weighted by Gasteiger charge is 2.15. The molecule has 0 bridgehead atoms. The molecule has 1 aliphatic heterocycles. The standard InChI is InChI=1S/C18H21N3O3S/c22-18(16-10-17(21(23)24)25-13-16)19-11-14-4-6-15(7-5-14)12-20-8-2-1-3-9-20/h4-7,10,13H,1-3,8-9,11-12H2,(H,19,22). The molecular formula is C18H21N3O3S. The summed E-state index contributed by atoms with van der Waals surface area (Å²) < 4.78 is 0. The van der Waals surface area contributed by atoms with Crippen molar-refractivity contribution in [2.45, 2.75) is 32.4 Å². The number of nitrogens with zero attached hydrogens (tertiary/aromatic N) is 2. The second-order valence-electron chi connectivity index (χ2n) is 6.27. The molecule has 0 unspecified atom stereocenters. The summed E-state index contributed by atoms with van der Waals surface area (Å²) in [5, 5.41) is 15.0. The number of hydrogen-bond acceptors (Lipinski definition) is 5. The van der Waals surface area contributed by atoms with E-state index in [1.54, 1.807) is 0 Å². The van der Waals surface area contributed by atoms with E-state index in [0.29, 0.717) is 12.1 Å². The molecule has 1 aromatic carbocycles. The monoisotopic (exact) mass is 359 g/mol. The normalized spacial score (nSPS) is 15.0. The Hall–Kier alpha value is -2.25. The van der Waals surface area contributed by atoms with E-state index in [1.165, 1.54) is 49.4 Å². The Morgan fingerprint density at radius 2 is 1.84 bits per heavy atom. The van der Waals surface area contributed by atoms with Crippen molar-refractivity contribution >= 4 is 22.2 Å². The second-order valence-corrected chi connectivity index (χ2v) is 7.16. The van der Waals surface area contributed by atoms with Crippen LogP contribution in [0.4, 0.5) is 5.00 Å². The number of benzene rings is 1. The summed E-state index contributed by atoms with van der Waals surface area (Å²) in [6, 6.07) is 9.56. The fraction of sp³-hybridized carbons (Fsp3) is 0.389. The number of amides is 1. The topological polar surface area (TPSA) is 75.5 Å². The quantitative estimate of drug-likeness (QED) is 0.632. The van der Waals surface area contributed by atoms with Crippen molar-refractivity contribution in [2.24, 2.45) is 0 Å². The van der Waals surface area contributed by atoms with Gasteiger partial charge in [0.25, 0.3) is 5.91 Å². The van der Waals surface area contributed by atoms with E-state index in [0.717, 1.165) is 23.4 Å². The van der Waals surface area contributed by atoms with E-state index < -0.39 is 4.92 Å². The average Bonchev–Trinajstić information content (AvgIpc) is 3.12. The molecule has 1 saturated heterocycles. The molecule has 132 valence electrons. The van der Waals surface area contributed by atoms with Gasteiger partial charge in [-0.15, -0.1) is 0 Å². The van der Waals surface area contributed by atoms with Gasteiger partial charge in [0.1, 0.15) is 0 Å². The van der Waals surface area contributed by atoms with Crippen molar-refractivity contribution in [3.63, 3.8) is 0 Å². The van der Waals surface area contributed by atoms with Gasteiger partial charge in [-0.25, -0.2) is 0 Å². The molecule has 1 aromatic heterocycles. The average molecular weight is 359 g/mol. The minimum Gasteiger partial charge on any atom is -0.348 e. The molecule has 2 aromatic rings. The molecule has 2 heterocycles. The van der Waals surface area contributed by atoms with Crippen LogP contribution in [0.3, 0.4) is 0 Å². The number of thiophene rings is 1. The molecule has 1 fully saturated rings. The molecule has 0 aliphatic carbocycles. The number of likely N-dealkylation sites (tertiary alicyclic amines) is 1. The van der Waals surface area contributed by atoms with Gasteiger partial charge < -0.3 is 5.32 Å². The molecule has 25 heavy (non-hydrogen) atoms. The zero-order chi connectivity index (χ0) is 17.6. The van der Waals surface area contributed by atoms with E-state index in [-0.39, 0.29) is 10.9 Å². The number of rotatable bonds is 6. The molecule has 6 nitrogen and oxygen atoms in total. The van der Waals surface area contributed by atoms with Gasteiger partial charge in [0, 0.05) is 24.5 Å². The first-order valence-corrected chi connectivity index (χ1v) is 9.31. The van der Waals surface area contributed by atoms with Crippen molar-refractivity contribution < 1.29 is 9.72 Å². The van der Waals surface area contributed by atoms with Crippen LogP contribution in [0.15, 0.2) is 35.7 Å². The molecule has 0 saturated carbocycles. The molecule has 1 aliphatic rings. The Bertz CT molecular complexity index is 736. The highest BCUT2D eigenvalue weighted by Crippen LogP contribution is 2.22. The van der Waals surface area contributed by atoms with Gasteiger partial charge in [-0.05, 0) is 37.1 Å². The van der Waals surface area contributed by atoms with Crippen LogP contribution in [0.2, 0.25) is 0 Å². The van der Waals surface area contributed by atoms with Crippen molar-refractivity contribution in [3.8, 4) is 0 Å². The lowest BCUT2D eigenvalue weighted by Gasteiger charge is -2.26. The molecule has 3 rings (SSSR count). The minimum absolute atomic E-state index is 0.0211. The van der Waals surface area contributed by atoms with Gasteiger partial charge in [0.15, 0.2) is 0 Å².